The smallest absolute Gasteiger partial charge is 0.214 e. The molecule has 0 amide bonds. The molecule has 0 bridgehead atoms. The molecular weight excluding hydrogens is 248 g/mol. The SMILES string of the molecule is CCCNCC1CCCCN1S(=O)(=O)CC(C)C. The van der Waals surface area contributed by atoms with Gasteiger partial charge in [0.15, 0.2) is 0 Å². The fourth-order valence-electron chi connectivity index (χ4n) is 2.51. The molecule has 18 heavy (non-hydrogen) atoms. The Morgan fingerprint density at radius 3 is 2.67 bits per heavy atom. The molecule has 0 aromatic rings. The quantitative estimate of drug-likeness (QED) is 0.722. The van der Waals surface area contributed by atoms with E-state index in [0.29, 0.717) is 6.54 Å². The fraction of sp³-hybridized carbons (Fsp3) is 1.00. The van der Waals surface area contributed by atoms with Crippen LogP contribution in [0.5, 0.6) is 0 Å². The third kappa shape index (κ3) is 4.86. The predicted molar refractivity (Wildman–Crippen MR) is 76.1 cm³/mol. The highest BCUT2D eigenvalue weighted by Gasteiger charge is 2.32. The summed E-state index contributed by atoms with van der Waals surface area (Å²) in [5.74, 6) is 0.471. The summed E-state index contributed by atoms with van der Waals surface area (Å²) in [6, 6.07) is 0.161. The molecule has 4 nitrogen and oxygen atoms in total. The summed E-state index contributed by atoms with van der Waals surface area (Å²) in [7, 11) is -3.08. The van der Waals surface area contributed by atoms with Crippen LogP contribution in [0, 0.1) is 5.92 Å². The van der Waals surface area contributed by atoms with E-state index in [2.05, 4.69) is 12.2 Å². The van der Waals surface area contributed by atoms with Gasteiger partial charge in [0.1, 0.15) is 0 Å². The topological polar surface area (TPSA) is 49.4 Å². The molecule has 108 valence electrons. The summed E-state index contributed by atoms with van der Waals surface area (Å²) >= 11 is 0. The van der Waals surface area contributed by atoms with Crippen LogP contribution in [0.25, 0.3) is 0 Å². The molecule has 0 radical (unpaired) electrons. The highest BCUT2D eigenvalue weighted by atomic mass is 32.2. The third-order valence-corrected chi connectivity index (χ3v) is 5.56. The number of piperidine rings is 1. The lowest BCUT2D eigenvalue weighted by Gasteiger charge is -2.35. The van der Waals surface area contributed by atoms with Crippen molar-refractivity contribution in [2.75, 3.05) is 25.4 Å². The Hall–Kier alpha value is -0.130. The van der Waals surface area contributed by atoms with Gasteiger partial charge < -0.3 is 5.32 Å². The Bertz CT molecular complexity index is 328. The van der Waals surface area contributed by atoms with Gasteiger partial charge in [-0.2, -0.15) is 4.31 Å². The second kappa shape index (κ2) is 7.46. The predicted octanol–water partition coefficient (Wildman–Crippen LogP) is 1.83. The zero-order valence-electron chi connectivity index (χ0n) is 12.0. The molecule has 1 fully saturated rings. The molecule has 1 rings (SSSR count). The largest absolute Gasteiger partial charge is 0.315 e. The van der Waals surface area contributed by atoms with E-state index in [9.17, 15) is 8.42 Å². The van der Waals surface area contributed by atoms with Gasteiger partial charge in [-0.25, -0.2) is 8.42 Å². The monoisotopic (exact) mass is 276 g/mol. The molecule has 0 spiro atoms. The first kappa shape index (κ1) is 15.9. The Kier molecular flexibility index (Phi) is 6.60. The van der Waals surface area contributed by atoms with Crippen molar-refractivity contribution >= 4 is 10.0 Å². The maximum atomic E-state index is 12.3. The van der Waals surface area contributed by atoms with E-state index >= 15 is 0 Å². The van der Waals surface area contributed by atoms with Crippen molar-refractivity contribution in [3.63, 3.8) is 0 Å². The molecule has 1 atom stereocenters. The second-order valence-electron chi connectivity index (χ2n) is 5.64. The number of sulfonamides is 1. The molecular formula is C13H28N2O2S. The van der Waals surface area contributed by atoms with Gasteiger partial charge in [0.05, 0.1) is 5.75 Å². The minimum Gasteiger partial charge on any atom is -0.315 e. The van der Waals surface area contributed by atoms with Crippen molar-refractivity contribution < 1.29 is 8.42 Å². The van der Waals surface area contributed by atoms with E-state index < -0.39 is 10.0 Å². The van der Waals surface area contributed by atoms with Crippen LogP contribution in [0.4, 0.5) is 0 Å². The van der Waals surface area contributed by atoms with E-state index in [0.717, 1.165) is 38.8 Å². The van der Waals surface area contributed by atoms with Crippen molar-refractivity contribution in [2.24, 2.45) is 5.92 Å². The molecule has 1 aliphatic rings. The standard InChI is InChI=1S/C13H28N2O2S/c1-4-8-14-10-13-7-5-6-9-15(13)18(16,17)11-12(2)3/h12-14H,4-11H2,1-3H3. The summed E-state index contributed by atoms with van der Waals surface area (Å²) in [6.45, 7) is 8.52. The molecule has 0 saturated carbocycles. The average Bonchev–Trinajstić information content (AvgIpc) is 2.28. The van der Waals surface area contributed by atoms with Crippen molar-refractivity contribution in [2.45, 2.75) is 52.5 Å². The molecule has 1 N–H and O–H groups in total. The number of hydrogen-bond acceptors (Lipinski definition) is 3. The van der Waals surface area contributed by atoms with Gasteiger partial charge in [0.2, 0.25) is 10.0 Å². The van der Waals surface area contributed by atoms with Crippen LogP contribution in [0.1, 0.15) is 46.5 Å². The molecule has 1 saturated heterocycles. The highest BCUT2D eigenvalue weighted by Crippen LogP contribution is 2.21. The Labute approximate surface area is 112 Å². The van der Waals surface area contributed by atoms with Crippen LogP contribution >= 0.6 is 0 Å². The first-order valence-electron chi connectivity index (χ1n) is 7.17. The minimum absolute atomic E-state index is 0.161. The van der Waals surface area contributed by atoms with Crippen LogP contribution in [0.2, 0.25) is 0 Å². The summed E-state index contributed by atoms with van der Waals surface area (Å²) in [4.78, 5) is 0. The highest BCUT2D eigenvalue weighted by molar-refractivity contribution is 7.89. The lowest BCUT2D eigenvalue weighted by molar-refractivity contribution is 0.245. The first-order valence-corrected chi connectivity index (χ1v) is 8.78. The van der Waals surface area contributed by atoms with Gasteiger partial charge in [-0.15, -0.1) is 0 Å². The van der Waals surface area contributed by atoms with Gasteiger partial charge in [-0.3, -0.25) is 0 Å². The second-order valence-corrected chi connectivity index (χ2v) is 7.60. The maximum Gasteiger partial charge on any atom is 0.214 e. The number of rotatable bonds is 7. The van der Waals surface area contributed by atoms with E-state index in [1.807, 2.05) is 13.8 Å². The van der Waals surface area contributed by atoms with Crippen LogP contribution in [0.15, 0.2) is 0 Å². The van der Waals surface area contributed by atoms with Gasteiger partial charge in [0, 0.05) is 19.1 Å². The normalized spacial score (nSPS) is 22.6. The van der Waals surface area contributed by atoms with Crippen molar-refractivity contribution in [3.05, 3.63) is 0 Å². The van der Waals surface area contributed by atoms with E-state index in [1.54, 1.807) is 4.31 Å². The lowest BCUT2D eigenvalue weighted by Crippen LogP contribution is -2.49. The lowest BCUT2D eigenvalue weighted by atomic mass is 10.1. The summed E-state index contributed by atoms with van der Waals surface area (Å²) in [5.41, 5.74) is 0. The molecule has 0 aromatic carbocycles. The Morgan fingerprint density at radius 1 is 1.33 bits per heavy atom. The average molecular weight is 276 g/mol. The van der Waals surface area contributed by atoms with Crippen LogP contribution < -0.4 is 5.32 Å². The molecule has 0 aromatic heterocycles. The molecule has 1 aliphatic heterocycles. The number of hydrogen-bond donors (Lipinski definition) is 1. The van der Waals surface area contributed by atoms with Gasteiger partial charge in [0.25, 0.3) is 0 Å². The van der Waals surface area contributed by atoms with E-state index in [1.165, 1.54) is 0 Å². The number of nitrogens with one attached hydrogen (secondary N) is 1. The summed E-state index contributed by atoms with van der Waals surface area (Å²) in [6.07, 6.45) is 4.23. The zero-order valence-corrected chi connectivity index (χ0v) is 12.8. The molecule has 1 heterocycles. The molecule has 5 heteroatoms. The Balaban J connectivity index is 2.63. The number of nitrogens with zero attached hydrogens (tertiary/aromatic N) is 1. The maximum absolute atomic E-state index is 12.3. The van der Waals surface area contributed by atoms with Crippen LogP contribution in [0.3, 0.4) is 0 Å². The Morgan fingerprint density at radius 2 is 2.06 bits per heavy atom. The van der Waals surface area contributed by atoms with Gasteiger partial charge >= 0.3 is 0 Å². The van der Waals surface area contributed by atoms with Crippen LogP contribution in [-0.4, -0.2) is 44.2 Å². The summed E-state index contributed by atoms with van der Waals surface area (Å²) < 4.78 is 26.4. The van der Waals surface area contributed by atoms with E-state index in [4.69, 9.17) is 0 Å². The van der Waals surface area contributed by atoms with Gasteiger partial charge in [-0.1, -0.05) is 27.2 Å². The van der Waals surface area contributed by atoms with E-state index in [-0.39, 0.29) is 17.7 Å². The van der Waals surface area contributed by atoms with Crippen molar-refractivity contribution in [1.29, 1.82) is 0 Å². The zero-order chi connectivity index (χ0) is 13.6. The first-order chi connectivity index (χ1) is 8.47. The summed E-state index contributed by atoms with van der Waals surface area (Å²) in [5, 5.41) is 3.35. The van der Waals surface area contributed by atoms with Crippen LogP contribution in [-0.2, 0) is 10.0 Å². The molecule has 1 unspecified atom stereocenters. The minimum atomic E-state index is -3.08. The van der Waals surface area contributed by atoms with Gasteiger partial charge in [-0.05, 0) is 31.7 Å². The fourth-order valence-corrected chi connectivity index (χ4v) is 4.58. The van der Waals surface area contributed by atoms with Crippen molar-refractivity contribution in [1.82, 2.24) is 9.62 Å². The third-order valence-electron chi connectivity index (χ3n) is 3.28. The van der Waals surface area contributed by atoms with Crippen molar-refractivity contribution in [3.8, 4) is 0 Å². The molecule has 0 aliphatic carbocycles.